The number of aromatic nitrogens is 1. The summed E-state index contributed by atoms with van der Waals surface area (Å²) in [5.74, 6) is -0.125. The first-order valence-electron chi connectivity index (χ1n) is 9.08. The number of likely N-dealkylation sites (tertiary alicyclic amines) is 1. The second-order valence-electron chi connectivity index (χ2n) is 7.57. The third-order valence-corrected chi connectivity index (χ3v) is 6.05. The number of H-pyrrole nitrogens is 1. The van der Waals surface area contributed by atoms with Crippen molar-refractivity contribution in [3.05, 3.63) is 68.6 Å². The van der Waals surface area contributed by atoms with Gasteiger partial charge in [0.25, 0.3) is 11.5 Å². The molecule has 1 saturated heterocycles. The maximum atomic E-state index is 12.9. The number of nitrogens with zero attached hydrogens (tertiary/aromatic N) is 1. The van der Waals surface area contributed by atoms with Crippen LogP contribution in [0.2, 0.25) is 0 Å². The summed E-state index contributed by atoms with van der Waals surface area (Å²) in [5.41, 5.74) is 4.75. The number of benzene rings is 1. The van der Waals surface area contributed by atoms with Crippen molar-refractivity contribution >= 4 is 5.91 Å². The molecule has 4 nitrogen and oxygen atoms in total. The third-order valence-electron chi connectivity index (χ3n) is 6.05. The Balaban J connectivity index is 1.55. The highest BCUT2D eigenvalue weighted by molar-refractivity contribution is 5.95. The monoisotopic (exact) mass is 336 g/mol. The summed E-state index contributed by atoms with van der Waals surface area (Å²) in [6.07, 6.45) is 4.29. The highest BCUT2D eigenvalue weighted by atomic mass is 16.2. The molecule has 25 heavy (non-hydrogen) atoms. The Bertz CT molecular complexity index is 889. The Hall–Kier alpha value is -2.36. The van der Waals surface area contributed by atoms with Crippen molar-refractivity contribution < 1.29 is 4.79 Å². The lowest BCUT2D eigenvalue weighted by atomic mass is 9.74. The topological polar surface area (TPSA) is 53.2 Å². The van der Waals surface area contributed by atoms with Gasteiger partial charge in [-0.15, -0.1) is 0 Å². The number of aryl methyl sites for hydroxylation is 3. The highest BCUT2D eigenvalue weighted by Gasteiger charge is 2.42. The fourth-order valence-corrected chi connectivity index (χ4v) is 4.70. The molecule has 1 fully saturated rings. The largest absolute Gasteiger partial charge is 0.338 e. The van der Waals surface area contributed by atoms with Crippen LogP contribution in [0.15, 0.2) is 35.1 Å². The van der Waals surface area contributed by atoms with Crippen LogP contribution in [0.1, 0.15) is 52.0 Å². The average Bonchev–Trinajstić information content (AvgIpc) is 2.93. The van der Waals surface area contributed by atoms with E-state index in [2.05, 4.69) is 29.2 Å². The van der Waals surface area contributed by atoms with Crippen molar-refractivity contribution in [2.24, 2.45) is 0 Å². The third kappa shape index (κ3) is 2.60. The minimum atomic E-state index is -0.269. The van der Waals surface area contributed by atoms with Crippen LogP contribution in [0.25, 0.3) is 0 Å². The summed E-state index contributed by atoms with van der Waals surface area (Å²) >= 11 is 0. The van der Waals surface area contributed by atoms with E-state index in [-0.39, 0.29) is 16.9 Å². The molecule has 1 aromatic carbocycles. The average molecular weight is 336 g/mol. The molecular formula is C21H24N2O2. The van der Waals surface area contributed by atoms with E-state index >= 15 is 0 Å². The molecule has 2 aromatic rings. The van der Waals surface area contributed by atoms with Crippen molar-refractivity contribution in [2.75, 3.05) is 13.1 Å². The number of piperidine rings is 1. The summed E-state index contributed by atoms with van der Waals surface area (Å²) in [7, 11) is 0. The molecule has 0 atom stereocenters. The first-order chi connectivity index (χ1) is 12.0. The molecule has 2 heterocycles. The minimum Gasteiger partial charge on any atom is -0.338 e. The molecule has 0 unspecified atom stereocenters. The second kappa shape index (κ2) is 5.87. The number of rotatable bonds is 1. The van der Waals surface area contributed by atoms with Crippen LogP contribution in [0.5, 0.6) is 0 Å². The lowest BCUT2D eigenvalue weighted by Crippen LogP contribution is -2.45. The number of amides is 1. The molecule has 0 bridgehead atoms. The van der Waals surface area contributed by atoms with Gasteiger partial charge in [-0.2, -0.15) is 0 Å². The number of hydrogen-bond acceptors (Lipinski definition) is 2. The Labute approximate surface area is 147 Å². The zero-order valence-electron chi connectivity index (χ0n) is 14.9. The molecule has 1 aromatic heterocycles. The van der Waals surface area contributed by atoms with E-state index in [1.165, 1.54) is 17.5 Å². The van der Waals surface area contributed by atoms with E-state index in [0.717, 1.165) is 43.6 Å². The highest BCUT2D eigenvalue weighted by Crippen LogP contribution is 2.46. The fourth-order valence-electron chi connectivity index (χ4n) is 4.70. The quantitative estimate of drug-likeness (QED) is 0.870. The van der Waals surface area contributed by atoms with Gasteiger partial charge in [0.1, 0.15) is 5.56 Å². The number of pyridine rings is 1. The number of fused-ring (bicyclic) bond motifs is 2. The van der Waals surface area contributed by atoms with Crippen molar-refractivity contribution in [1.29, 1.82) is 0 Å². The van der Waals surface area contributed by atoms with Crippen molar-refractivity contribution in [1.82, 2.24) is 9.88 Å². The van der Waals surface area contributed by atoms with Gasteiger partial charge in [-0.3, -0.25) is 9.59 Å². The second-order valence-corrected chi connectivity index (χ2v) is 7.57. The van der Waals surface area contributed by atoms with E-state index < -0.39 is 0 Å². The van der Waals surface area contributed by atoms with Crippen LogP contribution in [-0.2, 0) is 11.8 Å². The Morgan fingerprint density at radius 3 is 2.56 bits per heavy atom. The molecular weight excluding hydrogens is 312 g/mol. The molecule has 1 aliphatic carbocycles. The normalized spacial score (nSPS) is 18.4. The number of carbonyl (C=O) groups excluding carboxylic acids is 1. The standard InChI is InChI=1S/C21H24N2O2/c1-14-13-15(2)22-19(24)18(14)20(25)23-11-9-21(10-12-23)8-7-16-5-3-4-6-17(16)21/h3-6,13H,7-12H2,1-2H3,(H,22,24). The van der Waals surface area contributed by atoms with Crippen LogP contribution in [0, 0.1) is 13.8 Å². The predicted molar refractivity (Wildman–Crippen MR) is 98.1 cm³/mol. The van der Waals surface area contributed by atoms with Crippen LogP contribution in [0.4, 0.5) is 0 Å². The van der Waals surface area contributed by atoms with E-state index in [0.29, 0.717) is 5.56 Å². The van der Waals surface area contributed by atoms with Crippen LogP contribution in [0.3, 0.4) is 0 Å². The van der Waals surface area contributed by atoms with Gasteiger partial charge >= 0.3 is 0 Å². The molecule has 4 heteroatoms. The molecule has 1 spiro atoms. The molecule has 0 radical (unpaired) electrons. The summed E-state index contributed by atoms with van der Waals surface area (Å²) in [6.45, 7) is 5.12. The molecule has 2 aliphatic rings. The summed E-state index contributed by atoms with van der Waals surface area (Å²) in [6, 6.07) is 10.6. The van der Waals surface area contributed by atoms with Crippen molar-refractivity contribution in [3.8, 4) is 0 Å². The molecule has 0 saturated carbocycles. The minimum absolute atomic E-state index is 0.125. The summed E-state index contributed by atoms with van der Waals surface area (Å²) in [5, 5.41) is 0. The zero-order valence-corrected chi connectivity index (χ0v) is 14.9. The maximum Gasteiger partial charge on any atom is 0.261 e. The lowest BCUT2D eigenvalue weighted by molar-refractivity contribution is 0.0663. The van der Waals surface area contributed by atoms with Gasteiger partial charge in [0, 0.05) is 18.8 Å². The molecule has 1 amide bonds. The number of hydrogen-bond donors (Lipinski definition) is 1. The molecule has 1 N–H and O–H groups in total. The van der Waals surface area contributed by atoms with Gasteiger partial charge < -0.3 is 9.88 Å². The zero-order chi connectivity index (χ0) is 17.6. The van der Waals surface area contributed by atoms with Crippen LogP contribution >= 0.6 is 0 Å². The van der Waals surface area contributed by atoms with E-state index in [4.69, 9.17) is 0 Å². The smallest absolute Gasteiger partial charge is 0.261 e. The molecule has 1 aliphatic heterocycles. The van der Waals surface area contributed by atoms with Crippen LogP contribution in [-0.4, -0.2) is 28.9 Å². The Morgan fingerprint density at radius 2 is 1.84 bits per heavy atom. The number of aromatic amines is 1. The van der Waals surface area contributed by atoms with Gasteiger partial charge in [0.05, 0.1) is 0 Å². The Kier molecular flexibility index (Phi) is 3.78. The fraction of sp³-hybridized carbons (Fsp3) is 0.429. The van der Waals surface area contributed by atoms with Gasteiger partial charge in [0.15, 0.2) is 0 Å². The number of carbonyl (C=O) groups is 1. The van der Waals surface area contributed by atoms with Crippen LogP contribution < -0.4 is 5.56 Å². The first-order valence-corrected chi connectivity index (χ1v) is 9.08. The predicted octanol–water partition coefficient (Wildman–Crippen LogP) is 3.11. The maximum absolute atomic E-state index is 12.9. The molecule has 4 rings (SSSR count). The van der Waals surface area contributed by atoms with Gasteiger partial charge in [-0.05, 0) is 67.7 Å². The molecule has 130 valence electrons. The van der Waals surface area contributed by atoms with Gasteiger partial charge in [-0.1, -0.05) is 24.3 Å². The van der Waals surface area contributed by atoms with E-state index in [1.54, 1.807) is 0 Å². The van der Waals surface area contributed by atoms with Crippen molar-refractivity contribution in [2.45, 2.75) is 44.9 Å². The lowest BCUT2D eigenvalue weighted by Gasteiger charge is -2.40. The van der Waals surface area contributed by atoms with Gasteiger partial charge in [-0.25, -0.2) is 0 Å². The Morgan fingerprint density at radius 1 is 1.12 bits per heavy atom. The number of nitrogens with one attached hydrogen (secondary N) is 1. The first kappa shape index (κ1) is 16.1. The summed E-state index contributed by atoms with van der Waals surface area (Å²) in [4.78, 5) is 29.8. The van der Waals surface area contributed by atoms with Gasteiger partial charge in [0.2, 0.25) is 0 Å². The van der Waals surface area contributed by atoms with E-state index in [9.17, 15) is 9.59 Å². The summed E-state index contributed by atoms with van der Waals surface area (Å²) < 4.78 is 0. The van der Waals surface area contributed by atoms with Crippen molar-refractivity contribution in [3.63, 3.8) is 0 Å². The van der Waals surface area contributed by atoms with E-state index in [1.807, 2.05) is 24.8 Å². The SMILES string of the molecule is Cc1cc(C)c(C(=O)N2CCC3(CCc4ccccc43)CC2)c(=O)[nH]1.